The number of nitrogens with two attached hydrogens (primary N) is 1. The first kappa shape index (κ1) is 9.71. The van der Waals surface area contributed by atoms with Crippen LogP contribution in [-0.2, 0) is 6.54 Å². The lowest BCUT2D eigenvalue weighted by molar-refractivity contribution is 1.06. The van der Waals surface area contributed by atoms with Crippen molar-refractivity contribution in [1.29, 1.82) is 0 Å². The summed E-state index contributed by atoms with van der Waals surface area (Å²) in [6.07, 6.45) is 0. The lowest BCUT2D eigenvalue weighted by Gasteiger charge is -2.06. The van der Waals surface area contributed by atoms with Gasteiger partial charge in [0.25, 0.3) is 0 Å². The number of fused-ring (bicyclic) bond motifs is 1. The quantitative estimate of drug-likeness (QED) is 0.760. The largest absolute Gasteiger partial charge is 0.326 e. The van der Waals surface area contributed by atoms with E-state index in [2.05, 4.69) is 4.98 Å². The zero-order chi connectivity index (χ0) is 10.1. The van der Waals surface area contributed by atoms with Crippen LogP contribution in [-0.4, -0.2) is 4.98 Å². The van der Waals surface area contributed by atoms with E-state index in [1.165, 1.54) is 0 Å². The Morgan fingerprint density at radius 1 is 1.21 bits per heavy atom. The molecule has 1 aromatic carbocycles. The second-order valence-corrected chi connectivity index (χ2v) is 3.65. The van der Waals surface area contributed by atoms with Crippen LogP contribution in [0, 0.1) is 0 Å². The first-order chi connectivity index (χ1) is 6.74. The van der Waals surface area contributed by atoms with Crippen molar-refractivity contribution in [3.05, 3.63) is 40.0 Å². The summed E-state index contributed by atoms with van der Waals surface area (Å²) in [5, 5.41) is 1.87. The number of hydrogen-bond acceptors (Lipinski definition) is 2. The lowest BCUT2D eigenvalue weighted by Crippen LogP contribution is -2.00. The van der Waals surface area contributed by atoms with Crippen molar-refractivity contribution < 1.29 is 0 Å². The van der Waals surface area contributed by atoms with Gasteiger partial charge in [0, 0.05) is 17.5 Å². The number of para-hydroxylation sites is 1. The zero-order valence-electron chi connectivity index (χ0n) is 7.30. The highest BCUT2D eigenvalue weighted by atomic mass is 35.5. The van der Waals surface area contributed by atoms with Gasteiger partial charge >= 0.3 is 0 Å². The molecule has 0 unspecified atom stereocenters. The minimum Gasteiger partial charge on any atom is -0.326 e. The third kappa shape index (κ3) is 1.46. The fourth-order valence-electron chi connectivity index (χ4n) is 1.36. The van der Waals surface area contributed by atoms with Crippen LogP contribution in [0.15, 0.2) is 24.3 Å². The smallest absolute Gasteiger partial charge is 0.135 e. The monoisotopic (exact) mass is 226 g/mol. The van der Waals surface area contributed by atoms with Gasteiger partial charge in [0.2, 0.25) is 0 Å². The lowest BCUT2D eigenvalue weighted by atomic mass is 10.1. The third-order valence-corrected chi connectivity index (χ3v) is 2.82. The number of rotatable bonds is 1. The predicted molar refractivity (Wildman–Crippen MR) is 59.7 cm³/mol. The molecule has 0 aliphatic rings. The normalized spacial score (nSPS) is 10.8. The molecule has 2 nitrogen and oxygen atoms in total. The third-order valence-electron chi connectivity index (χ3n) is 2.08. The number of benzene rings is 1. The number of nitrogens with zero attached hydrogens (tertiary/aromatic N) is 1. The molecule has 1 aromatic heterocycles. The number of pyridine rings is 1. The highest BCUT2D eigenvalue weighted by molar-refractivity contribution is 6.39. The molecule has 0 fully saturated rings. The van der Waals surface area contributed by atoms with Gasteiger partial charge in [-0.05, 0) is 6.07 Å². The maximum Gasteiger partial charge on any atom is 0.135 e. The van der Waals surface area contributed by atoms with Gasteiger partial charge in [0.15, 0.2) is 0 Å². The summed E-state index contributed by atoms with van der Waals surface area (Å²) in [6.45, 7) is 0.301. The standard InChI is InChI=1S/C10H8Cl2N2/c11-9-6-3-1-2-4-8(6)14-10(12)7(9)5-13/h1-4H,5,13H2. The van der Waals surface area contributed by atoms with Crippen LogP contribution >= 0.6 is 23.2 Å². The minimum absolute atomic E-state index is 0.301. The van der Waals surface area contributed by atoms with Gasteiger partial charge in [0.1, 0.15) is 5.15 Å². The van der Waals surface area contributed by atoms with E-state index in [9.17, 15) is 0 Å². The summed E-state index contributed by atoms with van der Waals surface area (Å²) in [7, 11) is 0. The average molecular weight is 227 g/mol. The molecule has 2 rings (SSSR count). The molecule has 0 saturated heterocycles. The van der Waals surface area contributed by atoms with Crippen LogP contribution in [0.25, 0.3) is 10.9 Å². The first-order valence-electron chi connectivity index (χ1n) is 4.16. The van der Waals surface area contributed by atoms with E-state index in [-0.39, 0.29) is 0 Å². The van der Waals surface area contributed by atoms with Gasteiger partial charge in [0.05, 0.1) is 10.5 Å². The van der Waals surface area contributed by atoms with Gasteiger partial charge in [-0.3, -0.25) is 0 Å². The Kier molecular flexibility index (Phi) is 2.59. The Morgan fingerprint density at radius 2 is 1.93 bits per heavy atom. The molecule has 0 saturated carbocycles. The molecule has 0 aliphatic heterocycles. The SMILES string of the molecule is NCc1c(Cl)nc2ccccc2c1Cl. The molecule has 0 atom stereocenters. The zero-order valence-corrected chi connectivity index (χ0v) is 8.81. The molecule has 0 radical (unpaired) electrons. The Bertz CT molecular complexity index is 483. The molecule has 2 aromatic rings. The second kappa shape index (κ2) is 3.73. The van der Waals surface area contributed by atoms with Crippen molar-refractivity contribution in [2.24, 2.45) is 5.73 Å². The van der Waals surface area contributed by atoms with Crippen molar-refractivity contribution >= 4 is 34.1 Å². The molecule has 72 valence electrons. The van der Waals surface area contributed by atoms with E-state index in [1.807, 2.05) is 24.3 Å². The maximum absolute atomic E-state index is 6.14. The van der Waals surface area contributed by atoms with Crippen LogP contribution in [0.2, 0.25) is 10.2 Å². The Balaban J connectivity index is 2.86. The number of halogens is 2. The van der Waals surface area contributed by atoms with Gasteiger partial charge < -0.3 is 5.73 Å². The van der Waals surface area contributed by atoms with Gasteiger partial charge in [-0.1, -0.05) is 41.4 Å². The molecule has 0 aliphatic carbocycles. The summed E-state index contributed by atoms with van der Waals surface area (Å²) < 4.78 is 0. The van der Waals surface area contributed by atoms with Gasteiger partial charge in [-0.25, -0.2) is 4.98 Å². The summed E-state index contributed by atoms with van der Waals surface area (Å²) in [4.78, 5) is 4.21. The fourth-order valence-corrected chi connectivity index (χ4v) is 1.99. The predicted octanol–water partition coefficient (Wildman–Crippen LogP) is 3.00. The summed E-state index contributed by atoms with van der Waals surface area (Å²) >= 11 is 12.1. The second-order valence-electron chi connectivity index (χ2n) is 2.92. The molecule has 1 heterocycles. The van der Waals surface area contributed by atoms with Crippen LogP contribution in [0.5, 0.6) is 0 Å². The highest BCUT2D eigenvalue weighted by Gasteiger charge is 2.09. The van der Waals surface area contributed by atoms with E-state index in [1.54, 1.807) is 0 Å². The van der Waals surface area contributed by atoms with Crippen LogP contribution in [0.4, 0.5) is 0 Å². The molecule has 0 spiro atoms. The van der Waals surface area contributed by atoms with Gasteiger partial charge in [-0.15, -0.1) is 0 Å². The van der Waals surface area contributed by atoms with Crippen molar-refractivity contribution in [2.75, 3.05) is 0 Å². The maximum atomic E-state index is 6.14. The highest BCUT2D eigenvalue weighted by Crippen LogP contribution is 2.29. The van der Waals surface area contributed by atoms with E-state index < -0.39 is 0 Å². The molecular formula is C10H8Cl2N2. The molecule has 2 N–H and O–H groups in total. The first-order valence-corrected chi connectivity index (χ1v) is 4.92. The summed E-state index contributed by atoms with van der Waals surface area (Å²) in [5.74, 6) is 0. The van der Waals surface area contributed by atoms with Crippen molar-refractivity contribution in [1.82, 2.24) is 4.98 Å². The van der Waals surface area contributed by atoms with Gasteiger partial charge in [-0.2, -0.15) is 0 Å². The molecular weight excluding hydrogens is 219 g/mol. The van der Waals surface area contributed by atoms with Crippen molar-refractivity contribution in [2.45, 2.75) is 6.54 Å². The Hall–Kier alpha value is -0.830. The number of aromatic nitrogens is 1. The fraction of sp³-hybridized carbons (Fsp3) is 0.100. The molecule has 4 heteroatoms. The van der Waals surface area contributed by atoms with E-state index >= 15 is 0 Å². The average Bonchev–Trinajstić information content (AvgIpc) is 2.18. The molecule has 14 heavy (non-hydrogen) atoms. The number of hydrogen-bond donors (Lipinski definition) is 1. The van der Waals surface area contributed by atoms with E-state index in [0.29, 0.717) is 22.3 Å². The Labute approximate surface area is 91.6 Å². The Morgan fingerprint density at radius 3 is 2.64 bits per heavy atom. The topological polar surface area (TPSA) is 38.9 Å². The van der Waals surface area contributed by atoms with Crippen LogP contribution in [0.1, 0.15) is 5.56 Å². The molecule has 0 amide bonds. The summed E-state index contributed by atoms with van der Waals surface area (Å²) in [5.41, 5.74) is 7.03. The van der Waals surface area contributed by atoms with E-state index in [4.69, 9.17) is 28.9 Å². The van der Waals surface area contributed by atoms with Crippen LogP contribution in [0.3, 0.4) is 0 Å². The van der Waals surface area contributed by atoms with Crippen LogP contribution < -0.4 is 5.73 Å². The van der Waals surface area contributed by atoms with E-state index in [0.717, 1.165) is 10.9 Å². The summed E-state index contributed by atoms with van der Waals surface area (Å²) in [6, 6.07) is 7.57. The van der Waals surface area contributed by atoms with Crippen molar-refractivity contribution in [3.63, 3.8) is 0 Å². The molecule has 0 bridgehead atoms. The minimum atomic E-state index is 0.301. The van der Waals surface area contributed by atoms with Crippen molar-refractivity contribution in [3.8, 4) is 0 Å².